The minimum atomic E-state index is -4.53. The number of aryl methyl sites for hydroxylation is 2. The number of nitrogens with one attached hydrogen (secondary N) is 3. The van der Waals surface area contributed by atoms with E-state index in [0.29, 0.717) is 24.5 Å². The Labute approximate surface area is 245 Å². The fraction of sp³-hybridized carbons (Fsp3) is 0.310. The lowest BCUT2D eigenvalue weighted by Crippen LogP contribution is -2.44. The van der Waals surface area contributed by atoms with Crippen molar-refractivity contribution in [3.8, 4) is 0 Å². The Morgan fingerprint density at radius 2 is 1.72 bits per heavy atom. The summed E-state index contributed by atoms with van der Waals surface area (Å²) in [6.45, 7) is 6.49. The van der Waals surface area contributed by atoms with Gasteiger partial charge >= 0.3 is 12.2 Å². The van der Waals surface area contributed by atoms with Crippen molar-refractivity contribution in [2.45, 2.75) is 26.6 Å². The number of carbonyl (C=O) groups excluding carboxylic acids is 1. The summed E-state index contributed by atoms with van der Waals surface area (Å²) in [6, 6.07) is 9.95. The number of rotatable bonds is 8. The number of carbonyl (C=O) groups is 1. The van der Waals surface area contributed by atoms with Gasteiger partial charge in [-0.15, -0.1) is 0 Å². The maximum absolute atomic E-state index is 14.1. The molecule has 0 saturated carbocycles. The van der Waals surface area contributed by atoms with E-state index in [1.54, 1.807) is 26.0 Å². The van der Waals surface area contributed by atoms with E-state index < -0.39 is 23.5 Å². The van der Waals surface area contributed by atoms with Crippen LogP contribution in [0.2, 0.25) is 0 Å². The summed E-state index contributed by atoms with van der Waals surface area (Å²) in [5.41, 5.74) is 0.266. The topological polar surface area (TPSA) is 111 Å². The van der Waals surface area contributed by atoms with Crippen LogP contribution in [-0.2, 0) is 12.7 Å². The van der Waals surface area contributed by atoms with Crippen LogP contribution in [0.1, 0.15) is 33.1 Å². The zero-order chi connectivity index (χ0) is 30.7. The number of nitrogens with zero attached hydrogens (tertiary/aromatic N) is 5. The number of para-hydroxylation sites is 1. The molecular formula is C29H30F4N8O2. The van der Waals surface area contributed by atoms with Gasteiger partial charge in [0.1, 0.15) is 23.3 Å². The molecular weight excluding hydrogens is 568 g/mol. The minimum absolute atomic E-state index is 0.0293. The summed E-state index contributed by atoms with van der Waals surface area (Å²) in [7, 11) is 1.99. The molecule has 0 bridgehead atoms. The molecule has 1 amide bonds. The molecule has 1 aliphatic rings. The number of oxazole rings is 1. The van der Waals surface area contributed by atoms with Crippen molar-refractivity contribution >= 4 is 34.9 Å². The molecule has 1 aliphatic heterocycles. The third-order valence-corrected chi connectivity index (χ3v) is 6.94. The standard InChI is InChI=1S/C29H30F4N8O2/c1-17-5-4-6-22(30)26(17)39-27(42)23-15-34-28(43-23)38-25-14-24(35-18(2)36-25)37-20-8-7-19(21(13-20)29(31,32)33)16-41-11-9-40(3)10-12-41/h4-8,13-15H,9-12,16H2,1-3H3,(H,39,42)(H2,34,35,36,37,38). The highest BCUT2D eigenvalue weighted by Crippen LogP contribution is 2.35. The Balaban J connectivity index is 1.29. The first-order chi connectivity index (χ1) is 20.4. The summed E-state index contributed by atoms with van der Waals surface area (Å²) in [4.78, 5) is 29.3. The molecule has 0 aliphatic carbocycles. The number of halogens is 4. The summed E-state index contributed by atoms with van der Waals surface area (Å²) in [5, 5.41) is 8.20. The second-order valence-electron chi connectivity index (χ2n) is 10.3. The zero-order valence-electron chi connectivity index (χ0n) is 23.7. The van der Waals surface area contributed by atoms with E-state index in [1.807, 2.05) is 11.9 Å². The quantitative estimate of drug-likeness (QED) is 0.219. The van der Waals surface area contributed by atoms with E-state index >= 15 is 0 Å². The fourth-order valence-corrected chi connectivity index (χ4v) is 4.66. The van der Waals surface area contributed by atoms with Crippen LogP contribution in [0, 0.1) is 19.7 Å². The van der Waals surface area contributed by atoms with Gasteiger partial charge in [-0.2, -0.15) is 13.2 Å². The molecule has 0 spiro atoms. The molecule has 3 N–H and O–H groups in total. The molecule has 5 rings (SSSR count). The van der Waals surface area contributed by atoms with Crippen LogP contribution < -0.4 is 16.0 Å². The number of piperazine rings is 1. The second-order valence-corrected chi connectivity index (χ2v) is 10.3. The van der Waals surface area contributed by atoms with E-state index in [0.717, 1.165) is 19.2 Å². The number of hydrogen-bond acceptors (Lipinski definition) is 9. The molecule has 14 heteroatoms. The summed E-state index contributed by atoms with van der Waals surface area (Å²) in [5.74, 6) is -0.701. The van der Waals surface area contributed by atoms with Crippen molar-refractivity contribution in [1.82, 2.24) is 24.8 Å². The maximum Gasteiger partial charge on any atom is 0.416 e. The Hall–Kier alpha value is -4.56. The predicted molar refractivity (Wildman–Crippen MR) is 153 cm³/mol. The highest BCUT2D eigenvalue weighted by atomic mass is 19.4. The second kappa shape index (κ2) is 12.4. The van der Waals surface area contributed by atoms with Crippen LogP contribution in [0.3, 0.4) is 0 Å². The first kappa shape index (κ1) is 29.9. The van der Waals surface area contributed by atoms with Gasteiger partial charge in [0.2, 0.25) is 5.76 Å². The average Bonchev–Trinajstić information content (AvgIpc) is 3.40. The molecule has 0 atom stereocenters. The number of amides is 1. The number of aromatic nitrogens is 3. The lowest BCUT2D eigenvalue weighted by Gasteiger charge is -2.33. The minimum Gasteiger partial charge on any atom is -0.418 e. The number of benzene rings is 2. The van der Waals surface area contributed by atoms with E-state index in [-0.39, 0.29) is 46.9 Å². The summed E-state index contributed by atoms with van der Waals surface area (Å²) >= 11 is 0. The van der Waals surface area contributed by atoms with Crippen molar-refractivity contribution in [3.05, 3.63) is 82.8 Å². The number of alkyl halides is 3. The molecule has 0 unspecified atom stereocenters. The zero-order valence-corrected chi connectivity index (χ0v) is 23.7. The molecule has 226 valence electrons. The molecule has 2 aromatic heterocycles. The van der Waals surface area contributed by atoms with Crippen LogP contribution in [0.15, 0.2) is 53.1 Å². The summed E-state index contributed by atoms with van der Waals surface area (Å²) in [6.07, 6.45) is -3.36. The summed E-state index contributed by atoms with van der Waals surface area (Å²) < 4.78 is 61.6. The van der Waals surface area contributed by atoms with Gasteiger partial charge in [-0.3, -0.25) is 15.0 Å². The smallest absolute Gasteiger partial charge is 0.416 e. The van der Waals surface area contributed by atoms with E-state index in [1.165, 1.54) is 30.5 Å². The maximum atomic E-state index is 14.1. The highest BCUT2D eigenvalue weighted by Gasteiger charge is 2.34. The van der Waals surface area contributed by atoms with Crippen molar-refractivity contribution < 1.29 is 26.8 Å². The SMILES string of the molecule is Cc1nc(Nc2ccc(CN3CCN(C)CC3)c(C(F)(F)F)c2)cc(Nc2ncc(C(=O)Nc3c(C)cccc3F)o2)n1. The lowest BCUT2D eigenvalue weighted by molar-refractivity contribution is -0.138. The Bertz CT molecular complexity index is 1600. The molecule has 1 saturated heterocycles. The third-order valence-electron chi connectivity index (χ3n) is 6.94. The van der Waals surface area contributed by atoms with Gasteiger partial charge in [0, 0.05) is 44.5 Å². The molecule has 43 heavy (non-hydrogen) atoms. The normalized spacial score (nSPS) is 14.5. The van der Waals surface area contributed by atoms with Crippen LogP contribution in [0.4, 0.5) is 46.6 Å². The van der Waals surface area contributed by atoms with Crippen LogP contribution in [-0.4, -0.2) is 63.9 Å². The van der Waals surface area contributed by atoms with Crippen molar-refractivity contribution in [2.75, 3.05) is 49.2 Å². The lowest BCUT2D eigenvalue weighted by atomic mass is 10.0. The Kier molecular flexibility index (Phi) is 8.59. The predicted octanol–water partition coefficient (Wildman–Crippen LogP) is 5.73. The van der Waals surface area contributed by atoms with Crippen LogP contribution >= 0.6 is 0 Å². The largest absolute Gasteiger partial charge is 0.418 e. The number of likely N-dealkylation sites (N-methyl/N-ethyl adjacent to an activating group) is 1. The number of anilines is 5. The van der Waals surface area contributed by atoms with Gasteiger partial charge < -0.3 is 20.0 Å². The average molecular weight is 599 g/mol. The van der Waals surface area contributed by atoms with Gasteiger partial charge in [-0.1, -0.05) is 18.2 Å². The van der Waals surface area contributed by atoms with Crippen LogP contribution in [0.25, 0.3) is 0 Å². The van der Waals surface area contributed by atoms with Gasteiger partial charge in [0.05, 0.1) is 17.4 Å². The molecule has 1 fully saturated rings. The fourth-order valence-electron chi connectivity index (χ4n) is 4.66. The van der Waals surface area contributed by atoms with E-state index in [4.69, 9.17) is 4.42 Å². The molecule has 3 heterocycles. The van der Waals surface area contributed by atoms with Gasteiger partial charge in [0.25, 0.3) is 5.91 Å². The van der Waals surface area contributed by atoms with Gasteiger partial charge in [0.15, 0.2) is 0 Å². The number of hydrogen-bond donors (Lipinski definition) is 3. The van der Waals surface area contributed by atoms with Crippen molar-refractivity contribution in [1.29, 1.82) is 0 Å². The molecule has 2 aromatic carbocycles. The molecule has 0 radical (unpaired) electrons. The van der Waals surface area contributed by atoms with Gasteiger partial charge in [-0.25, -0.2) is 19.3 Å². The first-order valence-electron chi connectivity index (χ1n) is 13.5. The van der Waals surface area contributed by atoms with E-state index in [2.05, 4.69) is 35.8 Å². The van der Waals surface area contributed by atoms with Gasteiger partial charge in [-0.05, 0) is 50.2 Å². The molecule has 10 nitrogen and oxygen atoms in total. The van der Waals surface area contributed by atoms with E-state index in [9.17, 15) is 22.4 Å². The monoisotopic (exact) mass is 598 g/mol. The third kappa shape index (κ3) is 7.45. The Morgan fingerprint density at radius 1 is 1.00 bits per heavy atom. The van der Waals surface area contributed by atoms with Crippen molar-refractivity contribution in [3.63, 3.8) is 0 Å². The highest BCUT2D eigenvalue weighted by molar-refractivity contribution is 6.02. The molecule has 4 aromatic rings. The first-order valence-corrected chi connectivity index (χ1v) is 13.5. The van der Waals surface area contributed by atoms with Crippen LogP contribution in [0.5, 0.6) is 0 Å². The Morgan fingerprint density at radius 3 is 2.42 bits per heavy atom. The van der Waals surface area contributed by atoms with Crippen molar-refractivity contribution in [2.24, 2.45) is 0 Å².